The molecule has 0 fully saturated rings. The molecule has 7 heteroatoms. The Hall–Kier alpha value is -1.96. The molecule has 0 radical (unpaired) electrons. The number of fused-ring (bicyclic) bond motifs is 2. The van der Waals surface area contributed by atoms with Crippen LogP contribution < -0.4 is 9.47 Å². The van der Waals surface area contributed by atoms with Gasteiger partial charge in [0.1, 0.15) is 11.6 Å². The SMILES string of the molecule is Fc1ccc(C2c3cc4c(cc3CC(Br)N2Cc2ccc(Br)cc2)OCO4)c(F)c1. The lowest BCUT2D eigenvalue weighted by Gasteiger charge is -2.41. The van der Waals surface area contributed by atoms with Crippen LogP contribution in [0.5, 0.6) is 11.5 Å². The van der Waals surface area contributed by atoms with Gasteiger partial charge < -0.3 is 9.47 Å². The van der Waals surface area contributed by atoms with E-state index in [2.05, 4.69) is 36.8 Å². The third-order valence-corrected chi connectivity index (χ3v) is 6.92. The van der Waals surface area contributed by atoms with Crippen molar-refractivity contribution in [2.75, 3.05) is 6.79 Å². The van der Waals surface area contributed by atoms with Gasteiger partial charge in [-0.3, -0.25) is 4.90 Å². The van der Waals surface area contributed by atoms with E-state index in [0.717, 1.165) is 33.7 Å². The number of alkyl halides is 1. The summed E-state index contributed by atoms with van der Waals surface area (Å²) in [6, 6.07) is 15.3. The van der Waals surface area contributed by atoms with Crippen molar-refractivity contribution in [1.82, 2.24) is 4.90 Å². The zero-order chi connectivity index (χ0) is 20.8. The Morgan fingerprint density at radius 2 is 1.67 bits per heavy atom. The van der Waals surface area contributed by atoms with Gasteiger partial charge in [-0.05, 0) is 53.4 Å². The molecule has 0 saturated heterocycles. The van der Waals surface area contributed by atoms with Crippen molar-refractivity contribution in [2.24, 2.45) is 0 Å². The van der Waals surface area contributed by atoms with Crippen LogP contribution in [0.3, 0.4) is 0 Å². The summed E-state index contributed by atoms with van der Waals surface area (Å²) in [6.45, 7) is 0.771. The maximum absolute atomic E-state index is 15.0. The van der Waals surface area contributed by atoms with Gasteiger partial charge in [0, 0.05) is 22.6 Å². The molecule has 2 unspecified atom stereocenters. The first kappa shape index (κ1) is 20.0. The van der Waals surface area contributed by atoms with E-state index in [9.17, 15) is 8.78 Å². The standard InChI is InChI=1S/C23H17Br2F2NO2/c24-15-3-1-13(2-4-15)11-28-22(25)8-14-7-20-21(30-12-29-20)10-18(14)23(28)17-6-5-16(26)9-19(17)27/h1-7,9-10,22-23H,8,11-12H2. The molecule has 2 aliphatic heterocycles. The van der Waals surface area contributed by atoms with E-state index in [0.29, 0.717) is 23.6 Å². The largest absolute Gasteiger partial charge is 0.454 e. The molecule has 0 spiro atoms. The van der Waals surface area contributed by atoms with Crippen molar-refractivity contribution in [1.29, 1.82) is 0 Å². The van der Waals surface area contributed by atoms with Gasteiger partial charge in [-0.1, -0.05) is 50.1 Å². The number of rotatable bonds is 3. The molecule has 0 bridgehead atoms. The monoisotopic (exact) mass is 535 g/mol. The molecular weight excluding hydrogens is 520 g/mol. The number of hydrogen-bond donors (Lipinski definition) is 0. The highest BCUT2D eigenvalue weighted by Crippen LogP contribution is 2.46. The lowest BCUT2D eigenvalue weighted by atomic mass is 9.87. The quantitative estimate of drug-likeness (QED) is 0.288. The maximum atomic E-state index is 15.0. The summed E-state index contributed by atoms with van der Waals surface area (Å²) in [7, 11) is 0. The van der Waals surface area contributed by atoms with Gasteiger partial charge in [-0.2, -0.15) is 0 Å². The van der Waals surface area contributed by atoms with Crippen LogP contribution in [0.4, 0.5) is 8.78 Å². The number of nitrogens with zero attached hydrogens (tertiary/aromatic N) is 1. The van der Waals surface area contributed by atoms with Crippen molar-refractivity contribution in [3.05, 3.63) is 93.0 Å². The Kier molecular flexibility index (Phi) is 5.29. The molecule has 0 saturated carbocycles. The molecule has 2 aliphatic rings. The highest BCUT2D eigenvalue weighted by molar-refractivity contribution is 9.10. The molecule has 3 nitrogen and oxygen atoms in total. The van der Waals surface area contributed by atoms with Crippen LogP contribution >= 0.6 is 31.9 Å². The zero-order valence-corrected chi connectivity index (χ0v) is 18.9. The molecular formula is C23H17Br2F2NO2. The van der Waals surface area contributed by atoms with E-state index >= 15 is 0 Å². The topological polar surface area (TPSA) is 21.7 Å². The van der Waals surface area contributed by atoms with Gasteiger partial charge in [-0.25, -0.2) is 8.78 Å². The van der Waals surface area contributed by atoms with E-state index < -0.39 is 17.7 Å². The predicted octanol–water partition coefficient (Wildman–Crippen LogP) is 6.32. The van der Waals surface area contributed by atoms with Crippen LogP contribution in [0, 0.1) is 11.6 Å². The summed E-state index contributed by atoms with van der Waals surface area (Å²) in [5, 5.41) is 0. The molecule has 0 amide bonds. The van der Waals surface area contributed by atoms with Crippen LogP contribution in [0.2, 0.25) is 0 Å². The average molecular weight is 537 g/mol. The van der Waals surface area contributed by atoms with Crippen LogP contribution in [0.25, 0.3) is 0 Å². The Labute approximate surface area is 189 Å². The van der Waals surface area contributed by atoms with Crippen molar-refractivity contribution in [3.63, 3.8) is 0 Å². The van der Waals surface area contributed by atoms with Crippen molar-refractivity contribution in [3.8, 4) is 11.5 Å². The van der Waals surface area contributed by atoms with Gasteiger partial charge in [0.25, 0.3) is 0 Å². The Bertz CT molecular complexity index is 1110. The van der Waals surface area contributed by atoms with Crippen molar-refractivity contribution >= 4 is 31.9 Å². The van der Waals surface area contributed by atoms with E-state index in [4.69, 9.17) is 9.47 Å². The minimum Gasteiger partial charge on any atom is -0.454 e. The van der Waals surface area contributed by atoms with Crippen molar-refractivity contribution in [2.45, 2.75) is 24.0 Å². The first-order chi connectivity index (χ1) is 14.5. The minimum absolute atomic E-state index is 0.0385. The average Bonchev–Trinajstić information content (AvgIpc) is 3.17. The normalized spacial score (nSPS) is 20.3. The van der Waals surface area contributed by atoms with Crippen molar-refractivity contribution < 1.29 is 18.3 Å². The van der Waals surface area contributed by atoms with Crippen LogP contribution in [0.15, 0.2) is 59.1 Å². The summed E-state index contributed by atoms with van der Waals surface area (Å²) in [5.41, 5.74) is 3.52. The summed E-state index contributed by atoms with van der Waals surface area (Å²) < 4.78 is 40.7. The van der Waals surface area contributed by atoms with Crippen LogP contribution in [-0.4, -0.2) is 16.6 Å². The molecule has 3 aromatic rings. The van der Waals surface area contributed by atoms with E-state index in [1.54, 1.807) is 0 Å². The van der Waals surface area contributed by atoms with Gasteiger partial charge >= 0.3 is 0 Å². The smallest absolute Gasteiger partial charge is 0.231 e. The van der Waals surface area contributed by atoms with Gasteiger partial charge in [-0.15, -0.1) is 0 Å². The second kappa shape index (κ2) is 7.94. The van der Waals surface area contributed by atoms with Crippen LogP contribution in [-0.2, 0) is 13.0 Å². The fraction of sp³-hybridized carbons (Fsp3) is 0.217. The molecule has 2 heterocycles. The minimum atomic E-state index is -0.590. The summed E-state index contributed by atoms with van der Waals surface area (Å²) >= 11 is 7.27. The van der Waals surface area contributed by atoms with Gasteiger partial charge in [0.05, 0.1) is 11.0 Å². The predicted molar refractivity (Wildman–Crippen MR) is 117 cm³/mol. The number of halogens is 4. The summed E-state index contributed by atoms with van der Waals surface area (Å²) in [4.78, 5) is 2.15. The van der Waals surface area contributed by atoms with E-state index in [1.807, 2.05) is 36.4 Å². The summed E-state index contributed by atoms with van der Waals surface area (Å²) in [6.07, 6.45) is 0.724. The Balaban J connectivity index is 1.64. The molecule has 154 valence electrons. The molecule has 0 aromatic heterocycles. The van der Waals surface area contributed by atoms with Gasteiger partial charge in [0.2, 0.25) is 6.79 Å². The first-order valence-electron chi connectivity index (χ1n) is 9.51. The summed E-state index contributed by atoms with van der Waals surface area (Å²) in [5.74, 6) is 0.199. The maximum Gasteiger partial charge on any atom is 0.231 e. The lowest BCUT2D eigenvalue weighted by Crippen LogP contribution is -2.41. The van der Waals surface area contributed by atoms with E-state index in [1.165, 1.54) is 12.1 Å². The third-order valence-electron chi connectivity index (χ3n) is 5.54. The number of benzene rings is 3. The molecule has 30 heavy (non-hydrogen) atoms. The fourth-order valence-electron chi connectivity index (χ4n) is 4.13. The Morgan fingerprint density at radius 1 is 0.933 bits per heavy atom. The molecule has 5 rings (SSSR count). The second-order valence-corrected chi connectivity index (χ2v) is 9.38. The lowest BCUT2D eigenvalue weighted by molar-refractivity contribution is 0.173. The van der Waals surface area contributed by atoms with E-state index in [-0.39, 0.29) is 11.7 Å². The highest BCUT2D eigenvalue weighted by atomic mass is 79.9. The Morgan fingerprint density at radius 3 is 2.40 bits per heavy atom. The number of ether oxygens (including phenoxy) is 2. The second-order valence-electron chi connectivity index (χ2n) is 7.41. The van der Waals surface area contributed by atoms with Crippen LogP contribution in [0.1, 0.15) is 28.3 Å². The first-order valence-corrected chi connectivity index (χ1v) is 11.2. The molecule has 2 atom stereocenters. The number of hydrogen-bond acceptors (Lipinski definition) is 3. The van der Waals surface area contributed by atoms with Gasteiger partial charge in [0.15, 0.2) is 11.5 Å². The zero-order valence-electron chi connectivity index (χ0n) is 15.7. The molecule has 3 aromatic carbocycles. The molecule has 0 N–H and O–H groups in total. The highest BCUT2D eigenvalue weighted by Gasteiger charge is 2.37. The molecule has 0 aliphatic carbocycles. The third kappa shape index (κ3) is 3.63. The fourth-order valence-corrected chi connectivity index (χ4v) is 5.12.